The molecule has 1 unspecified atom stereocenters. The number of ether oxygens (including phenoxy) is 3. The fourth-order valence-electron chi connectivity index (χ4n) is 1.69. The lowest BCUT2D eigenvalue weighted by Crippen LogP contribution is -2.32. The lowest BCUT2D eigenvalue weighted by molar-refractivity contribution is -0.123. The Kier molecular flexibility index (Phi) is 8.23. The van der Waals surface area contributed by atoms with Crippen LogP contribution < -0.4 is 14.8 Å². The van der Waals surface area contributed by atoms with E-state index < -0.39 is 6.10 Å². The fourth-order valence-corrected chi connectivity index (χ4v) is 1.69. The van der Waals surface area contributed by atoms with Crippen LogP contribution in [0.2, 0.25) is 0 Å². The first-order valence-corrected chi connectivity index (χ1v) is 6.95. The predicted octanol–water partition coefficient (Wildman–Crippen LogP) is 0.978. The number of amides is 1. The molecule has 0 saturated carbocycles. The smallest absolute Gasteiger partial charge is 0.257 e. The molecular formula is C15H23NO5. The van der Waals surface area contributed by atoms with Gasteiger partial charge in [0.2, 0.25) is 0 Å². The zero-order chi connectivity index (χ0) is 15.5. The number of rotatable bonds is 10. The van der Waals surface area contributed by atoms with Crippen molar-refractivity contribution in [1.29, 1.82) is 0 Å². The summed E-state index contributed by atoms with van der Waals surface area (Å²) in [6.07, 6.45) is -0.135. The summed E-state index contributed by atoms with van der Waals surface area (Å²) in [5.74, 6) is 0.906. The van der Waals surface area contributed by atoms with Gasteiger partial charge in [-0.1, -0.05) is 12.1 Å². The number of aliphatic hydroxyl groups is 1. The Morgan fingerprint density at radius 3 is 2.57 bits per heavy atom. The number of hydrogen-bond donors (Lipinski definition) is 2. The SMILES string of the molecule is CCOc1ccccc1OCC(=O)NCCC(O)COC. The quantitative estimate of drug-likeness (QED) is 0.673. The van der Waals surface area contributed by atoms with Crippen LogP contribution in [0, 0.1) is 0 Å². The Balaban J connectivity index is 2.30. The highest BCUT2D eigenvalue weighted by Crippen LogP contribution is 2.26. The first-order valence-electron chi connectivity index (χ1n) is 6.95. The second kappa shape index (κ2) is 10.0. The molecular weight excluding hydrogens is 274 g/mol. The second-order valence-corrected chi connectivity index (χ2v) is 4.42. The summed E-state index contributed by atoms with van der Waals surface area (Å²) >= 11 is 0. The molecule has 1 amide bonds. The van der Waals surface area contributed by atoms with Crippen LogP contribution in [0.15, 0.2) is 24.3 Å². The van der Waals surface area contributed by atoms with Gasteiger partial charge >= 0.3 is 0 Å². The summed E-state index contributed by atoms with van der Waals surface area (Å²) in [6, 6.07) is 7.20. The Labute approximate surface area is 125 Å². The maximum Gasteiger partial charge on any atom is 0.257 e. The molecule has 1 aromatic rings. The van der Waals surface area contributed by atoms with Crippen LogP contribution in [0.1, 0.15) is 13.3 Å². The molecule has 0 aliphatic heterocycles. The molecule has 1 aromatic carbocycles. The third kappa shape index (κ3) is 6.97. The lowest BCUT2D eigenvalue weighted by atomic mass is 10.2. The number of para-hydroxylation sites is 2. The zero-order valence-corrected chi connectivity index (χ0v) is 12.5. The normalized spacial score (nSPS) is 11.8. The van der Waals surface area contributed by atoms with Crippen molar-refractivity contribution in [2.75, 3.05) is 33.5 Å². The Morgan fingerprint density at radius 2 is 1.95 bits per heavy atom. The highest BCUT2D eigenvalue weighted by Gasteiger charge is 2.08. The van der Waals surface area contributed by atoms with Gasteiger partial charge in [0.25, 0.3) is 5.91 Å². The van der Waals surface area contributed by atoms with E-state index in [4.69, 9.17) is 14.2 Å². The highest BCUT2D eigenvalue weighted by molar-refractivity contribution is 5.77. The van der Waals surface area contributed by atoms with Crippen LogP contribution in [0.25, 0.3) is 0 Å². The van der Waals surface area contributed by atoms with E-state index in [1.165, 1.54) is 7.11 Å². The first kappa shape index (κ1) is 17.3. The van der Waals surface area contributed by atoms with Gasteiger partial charge in [-0.2, -0.15) is 0 Å². The van der Waals surface area contributed by atoms with Crippen molar-refractivity contribution >= 4 is 5.91 Å². The molecule has 1 atom stereocenters. The molecule has 6 heteroatoms. The second-order valence-electron chi connectivity index (χ2n) is 4.42. The predicted molar refractivity (Wildman–Crippen MR) is 78.6 cm³/mol. The summed E-state index contributed by atoms with van der Waals surface area (Å²) in [5, 5.41) is 12.1. The van der Waals surface area contributed by atoms with Crippen LogP contribution in [-0.4, -0.2) is 50.6 Å². The van der Waals surface area contributed by atoms with Crippen LogP contribution in [0.3, 0.4) is 0 Å². The van der Waals surface area contributed by atoms with E-state index in [1.54, 1.807) is 12.1 Å². The van der Waals surface area contributed by atoms with Crippen LogP contribution in [-0.2, 0) is 9.53 Å². The van der Waals surface area contributed by atoms with Gasteiger partial charge in [-0.05, 0) is 25.5 Å². The monoisotopic (exact) mass is 297 g/mol. The molecule has 0 bridgehead atoms. The maximum absolute atomic E-state index is 11.6. The van der Waals surface area contributed by atoms with Crippen molar-refractivity contribution in [3.63, 3.8) is 0 Å². The third-order valence-corrected chi connectivity index (χ3v) is 2.67. The number of carbonyl (C=O) groups excluding carboxylic acids is 1. The topological polar surface area (TPSA) is 77.0 Å². The van der Waals surface area contributed by atoms with E-state index in [1.807, 2.05) is 19.1 Å². The number of carbonyl (C=O) groups is 1. The van der Waals surface area contributed by atoms with E-state index >= 15 is 0 Å². The van der Waals surface area contributed by atoms with E-state index in [0.717, 1.165) is 0 Å². The molecule has 0 fully saturated rings. The number of aliphatic hydroxyl groups excluding tert-OH is 1. The van der Waals surface area contributed by atoms with Crippen molar-refractivity contribution in [2.24, 2.45) is 0 Å². The van der Waals surface area contributed by atoms with Crippen molar-refractivity contribution in [3.8, 4) is 11.5 Å². The number of methoxy groups -OCH3 is 1. The van der Waals surface area contributed by atoms with Crippen molar-refractivity contribution < 1.29 is 24.1 Å². The van der Waals surface area contributed by atoms with E-state index in [0.29, 0.717) is 31.1 Å². The molecule has 0 spiro atoms. The van der Waals surface area contributed by atoms with Gasteiger partial charge in [0, 0.05) is 13.7 Å². The van der Waals surface area contributed by atoms with Gasteiger partial charge in [-0.15, -0.1) is 0 Å². The molecule has 2 N–H and O–H groups in total. The van der Waals surface area contributed by atoms with Gasteiger partial charge < -0.3 is 24.6 Å². The summed E-state index contributed by atoms with van der Waals surface area (Å²) in [5.41, 5.74) is 0. The van der Waals surface area contributed by atoms with E-state index in [-0.39, 0.29) is 19.1 Å². The fraction of sp³-hybridized carbons (Fsp3) is 0.533. The number of benzene rings is 1. The first-order chi connectivity index (χ1) is 10.2. The minimum Gasteiger partial charge on any atom is -0.490 e. The Hall–Kier alpha value is -1.79. The Morgan fingerprint density at radius 1 is 1.29 bits per heavy atom. The van der Waals surface area contributed by atoms with Gasteiger partial charge in [0.15, 0.2) is 18.1 Å². The molecule has 0 aliphatic carbocycles. The molecule has 6 nitrogen and oxygen atoms in total. The van der Waals surface area contributed by atoms with Crippen LogP contribution in [0.5, 0.6) is 11.5 Å². The minimum absolute atomic E-state index is 0.0928. The molecule has 21 heavy (non-hydrogen) atoms. The van der Waals surface area contributed by atoms with Crippen molar-refractivity contribution in [1.82, 2.24) is 5.32 Å². The summed E-state index contributed by atoms with van der Waals surface area (Å²) in [4.78, 5) is 11.6. The average Bonchev–Trinajstić information content (AvgIpc) is 2.47. The Bertz CT molecular complexity index is 424. The van der Waals surface area contributed by atoms with Crippen molar-refractivity contribution in [2.45, 2.75) is 19.4 Å². The largest absolute Gasteiger partial charge is 0.490 e. The summed E-state index contributed by atoms with van der Waals surface area (Å²) in [7, 11) is 1.52. The lowest BCUT2D eigenvalue weighted by Gasteiger charge is -2.12. The molecule has 0 aliphatic rings. The maximum atomic E-state index is 11.6. The molecule has 118 valence electrons. The van der Waals surface area contributed by atoms with Crippen LogP contribution in [0.4, 0.5) is 0 Å². The van der Waals surface area contributed by atoms with E-state index in [2.05, 4.69) is 5.32 Å². The molecule has 0 radical (unpaired) electrons. The van der Waals surface area contributed by atoms with Crippen molar-refractivity contribution in [3.05, 3.63) is 24.3 Å². The molecule has 0 heterocycles. The van der Waals surface area contributed by atoms with Gasteiger partial charge in [-0.25, -0.2) is 0 Å². The number of hydrogen-bond acceptors (Lipinski definition) is 5. The summed E-state index contributed by atoms with van der Waals surface area (Å²) < 4.78 is 15.6. The number of nitrogens with one attached hydrogen (secondary N) is 1. The van der Waals surface area contributed by atoms with Gasteiger partial charge in [0.1, 0.15) is 0 Å². The molecule has 0 aromatic heterocycles. The van der Waals surface area contributed by atoms with E-state index in [9.17, 15) is 9.90 Å². The van der Waals surface area contributed by atoms with Gasteiger partial charge in [0.05, 0.1) is 19.3 Å². The molecule has 1 rings (SSSR count). The third-order valence-electron chi connectivity index (χ3n) is 2.67. The van der Waals surface area contributed by atoms with Crippen LogP contribution >= 0.6 is 0 Å². The standard InChI is InChI=1S/C15H23NO5/c1-3-20-13-6-4-5-7-14(13)21-11-15(18)16-9-8-12(17)10-19-2/h4-7,12,17H,3,8-11H2,1-2H3,(H,16,18). The summed E-state index contributed by atoms with van der Waals surface area (Å²) in [6.45, 7) is 2.96. The molecule has 0 saturated heterocycles. The van der Waals surface area contributed by atoms with Gasteiger partial charge in [-0.3, -0.25) is 4.79 Å². The average molecular weight is 297 g/mol. The zero-order valence-electron chi connectivity index (χ0n) is 12.5. The minimum atomic E-state index is -0.574. The highest BCUT2D eigenvalue weighted by atomic mass is 16.5.